The van der Waals surface area contributed by atoms with Crippen LogP contribution in [-0.2, 0) is 5.41 Å². The predicted molar refractivity (Wildman–Crippen MR) is 177 cm³/mol. The number of benzene rings is 5. The highest BCUT2D eigenvalue weighted by atomic mass is 14.5. The second-order valence-corrected chi connectivity index (χ2v) is 13.5. The van der Waals surface area contributed by atoms with Gasteiger partial charge in [-0.25, -0.2) is 0 Å². The summed E-state index contributed by atoms with van der Waals surface area (Å²) in [6.07, 6.45) is 11.5. The molecule has 0 amide bonds. The van der Waals surface area contributed by atoms with E-state index in [9.17, 15) is 0 Å². The molecule has 0 nitrogen and oxygen atoms in total. The molecule has 206 valence electrons. The van der Waals surface area contributed by atoms with Gasteiger partial charge in [-0.3, -0.25) is 0 Å². The van der Waals surface area contributed by atoms with Crippen LogP contribution in [0.15, 0.2) is 133 Å². The molecule has 0 aromatic heterocycles. The van der Waals surface area contributed by atoms with Gasteiger partial charge in [0.2, 0.25) is 0 Å². The van der Waals surface area contributed by atoms with E-state index in [2.05, 4.69) is 127 Å². The number of allylic oxidation sites excluding steroid dienone is 4. The van der Waals surface area contributed by atoms with Gasteiger partial charge in [-0.1, -0.05) is 146 Å². The molecule has 0 heteroatoms. The van der Waals surface area contributed by atoms with E-state index < -0.39 is 0 Å². The van der Waals surface area contributed by atoms with Crippen molar-refractivity contribution in [1.29, 1.82) is 0 Å². The molecular formula is C43H34. The van der Waals surface area contributed by atoms with Crippen molar-refractivity contribution in [2.75, 3.05) is 0 Å². The fourth-order valence-corrected chi connectivity index (χ4v) is 9.92. The normalized spacial score (nSPS) is 20.6. The average Bonchev–Trinajstić information content (AvgIpc) is 3.83. The summed E-state index contributed by atoms with van der Waals surface area (Å²) in [5.41, 5.74) is 19.7. The monoisotopic (exact) mass is 550 g/mol. The molecule has 1 saturated carbocycles. The van der Waals surface area contributed by atoms with E-state index in [1.165, 1.54) is 86.9 Å². The number of rotatable bonds is 2. The lowest BCUT2D eigenvalue weighted by Crippen LogP contribution is -2.26. The smallest absolute Gasteiger partial charge is 0.0352 e. The maximum Gasteiger partial charge on any atom is 0.0352 e. The summed E-state index contributed by atoms with van der Waals surface area (Å²) < 4.78 is 0. The highest BCUT2D eigenvalue weighted by molar-refractivity contribution is 5.89. The molecule has 1 atom stereocenters. The van der Waals surface area contributed by atoms with Gasteiger partial charge in [-0.15, -0.1) is 0 Å². The van der Waals surface area contributed by atoms with Crippen molar-refractivity contribution < 1.29 is 0 Å². The summed E-state index contributed by atoms with van der Waals surface area (Å²) in [7, 11) is 0. The van der Waals surface area contributed by atoms with Crippen molar-refractivity contribution >= 4 is 5.57 Å². The van der Waals surface area contributed by atoms with Crippen LogP contribution >= 0.6 is 0 Å². The first-order valence-electron chi connectivity index (χ1n) is 16.2. The first kappa shape index (κ1) is 24.1. The molecule has 1 fully saturated rings. The third-order valence-electron chi connectivity index (χ3n) is 11.6. The zero-order valence-electron chi connectivity index (χ0n) is 24.4. The minimum Gasteiger partial charge on any atom is -0.0795 e. The number of fused-ring (bicyclic) bond motifs is 10. The molecule has 0 saturated heterocycles. The number of hydrogen-bond donors (Lipinski definition) is 0. The second-order valence-electron chi connectivity index (χ2n) is 13.5. The fraction of sp³-hybridized carbons (Fsp3) is 0.209. The Morgan fingerprint density at radius 2 is 1.07 bits per heavy atom. The molecule has 10 rings (SSSR count). The summed E-state index contributed by atoms with van der Waals surface area (Å²) in [5.74, 6) is 1.23. The van der Waals surface area contributed by atoms with Crippen molar-refractivity contribution in [2.45, 2.75) is 49.4 Å². The average molecular weight is 551 g/mol. The first-order chi connectivity index (χ1) is 21.3. The van der Waals surface area contributed by atoms with E-state index in [1.54, 1.807) is 11.1 Å². The van der Waals surface area contributed by atoms with E-state index in [-0.39, 0.29) is 5.41 Å². The molecule has 0 radical (unpaired) electrons. The molecule has 0 bridgehead atoms. The maximum absolute atomic E-state index is 2.64. The van der Waals surface area contributed by atoms with E-state index in [0.717, 1.165) is 6.42 Å². The van der Waals surface area contributed by atoms with Crippen LogP contribution in [0.1, 0.15) is 82.9 Å². The van der Waals surface area contributed by atoms with Crippen LogP contribution in [0.25, 0.3) is 27.8 Å². The Balaban J connectivity index is 1.08. The molecule has 5 aliphatic carbocycles. The lowest BCUT2D eigenvalue weighted by atomic mass is 9.69. The van der Waals surface area contributed by atoms with Crippen LogP contribution in [-0.4, -0.2) is 0 Å². The van der Waals surface area contributed by atoms with Gasteiger partial charge in [0.15, 0.2) is 0 Å². The van der Waals surface area contributed by atoms with Gasteiger partial charge < -0.3 is 0 Å². The largest absolute Gasteiger partial charge is 0.0795 e. The summed E-state index contributed by atoms with van der Waals surface area (Å²) in [4.78, 5) is 0. The van der Waals surface area contributed by atoms with Crippen LogP contribution in [0.2, 0.25) is 0 Å². The Labute approximate surface area is 254 Å². The van der Waals surface area contributed by atoms with Crippen LogP contribution in [0.5, 0.6) is 0 Å². The Morgan fingerprint density at radius 1 is 0.535 bits per heavy atom. The van der Waals surface area contributed by atoms with Gasteiger partial charge in [0.1, 0.15) is 0 Å². The molecule has 43 heavy (non-hydrogen) atoms. The quantitative estimate of drug-likeness (QED) is 0.201. The van der Waals surface area contributed by atoms with E-state index >= 15 is 0 Å². The van der Waals surface area contributed by atoms with E-state index in [0.29, 0.717) is 17.8 Å². The Kier molecular flexibility index (Phi) is 4.93. The zero-order chi connectivity index (χ0) is 28.1. The molecule has 5 aliphatic rings. The minimum absolute atomic E-state index is 0.193. The summed E-state index contributed by atoms with van der Waals surface area (Å²) in [5, 5.41) is 0. The fourth-order valence-electron chi connectivity index (χ4n) is 9.92. The molecule has 0 aliphatic heterocycles. The third-order valence-corrected chi connectivity index (χ3v) is 11.6. The third kappa shape index (κ3) is 3.17. The summed E-state index contributed by atoms with van der Waals surface area (Å²) in [6.45, 7) is 0. The van der Waals surface area contributed by atoms with E-state index in [4.69, 9.17) is 0 Å². The highest BCUT2D eigenvalue weighted by Crippen LogP contribution is 2.61. The second kappa shape index (κ2) is 8.80. The van der Waals surface area contributed by atoms with Gasteiger partial charge in [0, 0.05) is 17.3 Å². The topological polar surface area (TPSA) is 0 Å². The SMILES string of the molecule is C1=CC(C2c3ccccc3-c3ccccc32)CC2=C1c1ccc(C3c4ccccc4-c4ccccc43)cc1C21CCCC1. The molecule has 0 N–H and O–H groups in total. The van der Waals surface area contributed by atoms with Crippen molar-refractivity contribution in [3.05, 3.63) is 172 Å². The van der Waals surface area contributed by atoms with Crippen molar-refractivity contribution in [3.63, 3.8) is 0 Å². The standard InChI is InChI=1S/C43H34/c1-5-15-35-29(11-1)30-12-2-6-16-36(30)41(35)27-19-21-33-34-22-20-28(26-40(34)43(39(33)25-27)23-9-10-24-43)42-37-17-7-3-13-31(37)32-14-4-8-18-38(32)42/h1-8,11-22,25,28,41-42H,9-10,23-24,26H2. The Hall–Kier alpha value is -4.42. The van der Waals surface area contributed by atoms with Crippen molar-refractivity contribution in [1.82, 2.24) is 0 Å². The van der Waals surface area contributed by atoms with Crippen molar-refractivity contribution in [3.8, 4) is 22.3 Å². The molecule has 5 aromatic rings. The molecule has 1 unspecified atom stereocenters. The van der Waals surface area contributed by atoms with Crippen LogP contribution < -0.4 is 0 Å². The Morgan fingerprint density at radius 3 is 1.67 bits per heavy atom. The Bertz CT molecular complexity index is 1940. The zero-order valence-corrected chi connectivity index (χ0v) is 24.4. The maximum atomic E-state index is 2.64. The summed E-state index contributed by atoms with van der Waals surface area (Å²) >= 11 is 0. The van der Waals surface area contributed by atoms with Crippen LogP contribution in [0.4, 0.5) is 0 Å². The lowest BCUT2D eigenvalue weighted by molar-refractivity contribution is 0.466. The van der Waals surface area contributed by atoms with Gasteiger partial charge >= 0.3 is 0 Å². The minimum atomic E-state index is 0.193. The van der Waals surface area contributed by atoms with Gasteiger partial charge in [0.05, 0.1) is 0 Å². The molecule has 1 spiro atoms. The predicted octanol–water partition coefficient (Wildman–Crippen LogP) is 10.8. The number of hydrogen-bond acceptors (Lipinski definition) is 0. The highest BCUT2D eigenvalue weighted by Gasteiger charge is 2.49. The molecule has 0 heterocycles. The molecule has 5 aromatic carbocycles. The van der Waals surface area contributed by atoms with Crippen molar-refractivity contribution in [2.24, 2.45) is 5.92 Å². The van der Waals surface area contributed by atoms with Crippen LogP contribution in [0.3, 0.4) is 0 Å². The molecular weight excluding hydrogens is 516 g/mol. The van der Waals surface area contributed by atoms with Crippen LogP contribution in [0, 0.1) is 5.92 Å². The first-order valence-corrected chi connectivity index (χ1v) is 16.2. The van der Waals surface area contributed by atoms with E-state index in [1.807, 2.05) is 0 Å². The van der Waals surface area contributed by atoms with Gasteiger partial charge in [-0.05, 0) is 92.0 Å². The summed E-state index contributed by atoms with van der Waals surface area (Å²) in [6, 6.07) is 44.0. The lowest BCUT2D eigenvalue weighted by Gasteiger charge is -2.35. The van der Waals surface area contributed by atoms with Gasteiger partial charge in [-0.2, -0.15) is 0 Å². The van der Waals surface area contributed by atoms with Gasteiger partial charge in [0.25, 0.3) is 0 Å².